The van der Waals surface area contributed by atoms with Crippen LogP contribution in [0.1, 0.15) is 10.4 Å². The Morgan fingerprint density at radius 3 is 2.81 bits per heavy atom. The molecule has 0 aliphatic carbocycles. The summed E-state index contributed by atoms with van der Waals surface area (Å²) < 4.78 is 5.06. The van der Waals surface area contributed by atoms with Gasteiger partial charge in [-0.2, -0.15) is 0 Å². The topological polar surface area (TPSA) is 89.7 Å². The van der Waals surface area contributed by atoms with Crippen LogP contribution >= 0.6 is 0 Å². The SMILES string of the molecule is C=CCOc1ccc([N+](=O)[O-])cc1C(=O)O. The number of non-ortho nitro benzene ring substituents is 1. The molecule has 1 N–H and O–H groups in total. The summed E-state index contributed by atoms with van der Waals surface area (Å²) in [6.45, 7) is 3.55. The van der Waals surface area contributed by atoms with Crippen LogP contribution in [-0.4, -0.2) is 22.6 Å². The van der Waals surface area contributed by atoms with Crippen molar-refractivity contribution in [3.05, 3.63) is 46.5 Å². The van der Waals surface area contributed by atoms with Gasteiger partial charge >= 0.3 is 5.97 Å². The van der Waals surface area contributed by atoms with Crippen molar-refractivity contribution in [1.29, 1.82) is 0 Å². The second-order valence-corrected chi connectivity index (χ2v) is 2.84. The average Bonchev–Trinajstić information content (AvgIpc) is 2.25. The number of nitrogens with zero attached hydrogens (tertiary/aromatic N) is 1. The van der Waals surface area contributed by atoms with E-state index in [0.717, 1.165) is 6.07 Å². The van der Waals surface area contributed by atoms with Gasteiger partial charge in [0.2, 0.25) is 0 Å². The van der Waals surface area contributed by atoms with Crippen molar-refractivity contribution in [2.75, 3.05) is 6.61 Å². The molecular formula is C10H9NO5. The molecule has 0 aliphatic heterocycles. The minimum atomic E-state index is -1.28. The van der Waals surface area contributed by atoms with Gasteiger partial charge in [0.05, 0.1) is 4.92 Å². The maximum Gasteiger partial charge on any atom is 0.339 e. The monoisotopic (exact) mass is 223 g/mol. The molecule has 0 saturated heterocycles. The van der Waals surface area contributed by atoms with E-state index in [4.69, 9.17) is 9.84 Å². The highest BCUT2D eigenvalue weighted by molar-refractivity contribution is 5.91. The van der Waals surface area contributed by atoms with Crippen LogP contribution < -0.4 is 4.74 Å². The first-order chi connectivity index (χ1) is 7.56. The van der Waals surface area contributed by atoms with Crippen molar-refractivity contribution >= 4 is 11.7 Å². The minimum absolute atomic E-state index is 0.0815. The molecule has 0 heterocycles. The van der Waals surface area contributed by atoms with Crippen molar-refractivity contribution in [1.82, 2.24) is 0 Å². The Balaban J connectivity index is 3.13. The molecule has 0 spiro atoms. The van der Waals surface area contributed by atoms with Crippen LogP contribution in [0.4, 0.5) is 5.69 Å². The van der Waals surface area contributed by atoms with Crippen LogP contribution in [-0.2, 0) is 0 Å². The summed E-state index contributed by atoms with van der Waals surface area (Å²) in [5.74, 6) is -1.19. The summed E-state index contributed by atoms with van der Waals surface area (Å²) in [6.07, 6.45) is 1.45. The highest BCUT2D eigenvalue weighted by Gasteiger charge is 2.16. The first kappa shape index (κ1) is 11.7. The lowest BCUT2D eigenvalue weighted by Crippen LogP contribution is -2.04. The van der Waals surface area contributed by atoms with Gasteiger partial charge in [-0.3, -0.25) is 10.1 Å². The Kier molecular flexibility index (Phi) is 3.60. The van der Waals surface area contributed by atoms with Gasteiger partial charge in [-0.1, -0.05) is 12.7 Å². The van der Waals surface area contributed by atoms with Crippen molar-refractivity contribution in [2.45, 2.75) is 0 Å². The summed E-state index contributed by atoms with van der Waals surface area (Å²) >= 11 is 0. The number of aromatic carboxylic acids is 1. The largest absolute Gasteiger partial charge is 0.489 e. The third-order valence-electron chi connectivity index (χ3n) is 1.76. The zero-order chi connectivity index (χ0) is 12.1. The highest BCUT2D eigenvalue weighted by atomic mass is 16.6. The minimum Gasteiger partial charge on any atom is -0.489 e. The van der Waals surface area contributed by atoms with Crippen LogP contribution in [0.3, 0.4) is 0 Å². The quantitative estimate of drug-likeness (QED) is 0.467. The molecule has 0 bridgehead atoms. The van der Waals surface area contributed by atoms with E-state index in [1.165, 1.54) is 18.2 Å². The molecule has 0 radical (unpaired) electrons. The van der Waals surface area contributed by atoms with E-state index in [1.807, 2.05) is 0 Å². The van der Waals surface area contributed by atoms with Crippen LogP contribution in [0.2, 0.25) is 0 Å². The fraction of sp³-hybridized carbons (Fsp3) is 0.100. The number of hydrogen-bond acceptors (Lipinski definition) is 4. The van der Waals surface area contributed by atoms with Gasteiger partial charge in [-0.15, -0.1) is 0 Å². The van der Waals surface area contributed by atoms with Crippen LogP contribution in [0.15, 0.2) is 30.9 Å². The number of carboxylic acid groups (broad SMARTS) is 1. The number of carbonyl (C=O) groups is 1. The maximum absolute atomic E-state index is 10.8. The first-order valence-electron chi connectivity index (χ1n) is 4.31. The van der Waals surface area contributed by atoms with Gasteiger partial charge in [0.1, 0.15) is 17.9 Å². The standard InChI is InChI=1S/C10H9NO5/c1-2-5-16-9-4-3-7(11(14)15)6-8(9)10(12)13/h2-4,6H,1,5H2,(H,12,13). The summed E-state index contributed by atoms with van der Waals surface area (Å²) in [4.78, 5) is 20.6. The number of nitro groups is 1. The van der Waals surface area contributed by atoms with Gasteiger partial charge < -0.3 is 9.84 Å². The average molecular weight is 223 g/mol. The van der Waals surface area contributed by atoms with Crippen LogP contribution in [0, 0.1) is 10.1 Å². The van der Waals surface area contributed by atoms with E-state index in [0.29, 0.717) is 0 Å². The Hall–Kier alpha value is -2.37. The fourth-order valence-corrected chi connectivity index (χ4v) is 1.07. The van der Waals surface area contributed by atoms with Crippen molar-refractivity contribution in [3.63, 3.8) is 0 Å². The van der Waals surface area contributed by atoms with Crippen LogP contribution in [0.5, 0.6) is 5.75 Å². The van der Waals surface area contributed by atoms with E-state index in [2.05, 4.69) is 6.58 Å². The summed E-state index contributed by atoms with van der Waals surface area (Å²) in [5.41, 5.74) is -0.528. The zero-order valence-electron chi connectivity index (χ0n) is 8.25. The molecule has 0 saturated carbocycles. The molecule has 0 aliphatic rings. The van der Waals surface area contributed by atoms with Crippen molar-refractivity contribution in [2.24, 2.45) is 0 Å². The smallest absolute Gasteiger partial charge is 0.339 e. The number of hydrogen-bond donors (Lipinski definition) is 1. The Morgan fingerprint density at radius 2 is 2.31 bits per heavy atom. The van der Waals surface area contributed by atoms with Gasteiger partial charge in [-0.25, -0.2) is 4.79 Å². The number of rotatable bonds is 5. The molecule has 6 nitrogen and oxygen atoms in total. The van der Waals surface area contributed by atoms with Crippen LogP contribution in [0.25, 0.3) is 0 Å². The number of ether oxygens (including phenoxy) is 1. The van der Waals surface area contributed by atoms with Crippen molar-refractivity contribution < 1.29 is 19.6 Å². The van der Waals surface area contributed by atoms with E-state index >= 15 is 0 Å². The fourth-order valence-electron chi connectivity index (χ4n) is 1.07. The maximum atomic E-state index is 10.8. The molecule has 16 heavy (non-hydrogen) atoms. The highest BCUT2D eigenvalue weighted by Crippen LogP contribution is 2.24. The van der Waals surface area contributed by atoms with E-state index in [1.54, 1.807) is 0 Å². The second-order valence-electron chi connectivity index (χ2n) is 2.84. The van der Waals surface area contributed by atoms with E-state index in [9.17, 15) is 14.9 Å². The van der Waals surface area contributed by atoms with Gasteiger partial charge in [0.25, 0.3) is 5.69 Å². The Labute approximate surface area is 90.9 Å². The van der Waals surface area contributed by atoms with Crippen molar-refractivity contribution in [3.8, 4) is 5.75 Å². The molecule has 0 atom stereocenters. The Bertz CT molecular complexity index is 441. The molecule has 0 aromatic heterocycles. The summed E-state index contributed by atoms with van der Waals surface area (Å²) in [7, 11) is 0. The molecule has 0 fully saturated rings. The zero-order valence-corrected chi connectivity index (χ0v) is 8.25. The number of nitro benzene ring substituents is 1. The molecule has 84 valence electrons. The lowest BCUT2D eigenvalue weighted by Gasteiger charge is -2.06. The van der Waals surface area contributed by atoms with Gasteiger partial charge in [0, 0.05) is 12.1 Å². The molecule has 1 aromatic carbocycles. The normalized spacial score (nSPS) is 9.50. The second kappa shape index (κ2) is 4.92. The van der Waals surface area contributed by atoms with E-state index in [-0.39, 0.29) is 23.6 Å². The van der Waals surface area contributed by atoms with Gasteiger partial charge in [0.15, 0.2) is 0 Å². The molecule has 0 amide bonds. The number of benzene rings is 1. The van der Waals surface area contributed by atoms with Gasteiger partial charge in [-0.05, 0) is 6.07 Å². The predicted molar refractivity (Wildman–Crippen MR) is 55.7 cm³/mol. The molecule has 6 heteroatoms. The lowest BCUT2D eigenvalue weighted by molar-refractivity contribution is -0.384. The predicted octanol–water partition coefficient (Wildman–Crippen LogP) is 1.86. The summed E-state index contributed by atoms with van der Waals surface area (Å²) in [5, 5.41) is 19.3. The molecular weight excluding hydrogens is 214 g/mol. The Morgan fingerprint density at radius 1 is 1.62 bits per heavy atom. The molecule has 1 aromatic rings. The molecule has 0 unspecified atom stereocenters. The van der Waals surface area contributed by atoms with E-state index < -0.39 is 10.9 Å². The summed E-state index contributed by atoms with van der Waals surface area (Å²) in [6, 6.07) is 3.40. The third kappa shape index (κ3) is 2.57. The third-order valence-corrected chi connectivity index (χ3v) is 1.76. The first-order valence-corrected chi connectivity index (χ1v) is 4.31. The molecule has 1 rings (SSSR count). The number of carboxylic acids is 1. The lowest BCUT2D eigenvalue weighted by atomic mass is 10.2.